The Kier molecular flexibility index (Phi) is 14.2. The fourth-order valence-electron chi connectivity index (χ4n) is 6.83. The standard InChI is InChI=1S/C22H23S.C17H20F8O7S/c1-22(2,3)18-14-16-21(17-15-18)23(19-10-6-4-7-11-19)20-12-8-5-9-13-20;18-15(19,33(28,29)30)8-31-3-1-2-13(26)32-12-6-9-4-10(11(12)5-9)7-14(27,16(20,21)22)17(23,24)25/h4-17H,1-3H3;1-2,9-12,27H,3-8H2,(H,28,29,30)/q+1;/p-1. The number of fused-ring (bicyclic) bond motifs is 2. The summed E-state index contributed by atoms with van der Waals surface area (Å²) in [6.45, 7) is 4.29. The fraction of sp³-hybridized carbons (Fsp3) is 0.462. The maximum atomic E-state index is 13.0. The van der Waals surface area contributed by atoms with Gasteiger partial charge in [0.25, 0.3) is 5.60 Å². The van der Waals surface area contributed by atoms with Crippen molar-refractivity contribution >= 4 is 27.0 Å². The monoisotopic (exact) mass is 838 g/mol. The average molecular weight is 839 g/mol. The van der Waals surface area contributed by atoms with E-state index in [1.807, 2.05) is 0 Å². The van der Waals surface area contributed by atoms with Gasteiger partial charge in [0.2, 0.25) is 0 Å². The molecule has 0 aromatic heterocycles. The molecule has 3 aromatic rings. The highest BCUT2D eigenvalue weighted by Crippen LogP contribution is 2.56. The normalized spacial score (nSPS) is 20.6. The van der Waals surface area contributed by atoms with Crippen molar-refractivity contribution in [2.45, 2.75) is 95.9 Å². The van der Waals surface area contributed by atoms with Crippen LogP contribution >= 0.6 is 0 Å². The van der Waals surface area contributed by atoms with Crippen LogP contribution in [-0.2, 0) is 40.7 Å². The Balaban J connectivity index is 0.000000264. The number of ether oxygens (including phenoxy) is 2. The molecule has 56 heavy (non-hydrogen) atoms. The number of hydrogen-bond acceptors (Lipinski definition) is 7. The maximum Gasteiger partial charge on any atom is 0.426 e. The van der Waals surface area contributed by atoms with E-state index in [4.69, 9.17) is 4.74 Å². The molecule has 5 rings (SSSR count). The van der Waals surface area contributed by atoms with Crippen molar-refractivity contribution in [2.24, 2.45) is 17.8 Å². The largest absolute Gasteiger partial charge is 0.743 e. The highest BCUT2D eigenvalue weighted by Gasteiger charge is 2.71. The Morgan fingerprint density at radius 1 is 0.804 bits per heavy atom. The topological polar surface area (TPSA) is 113 Å². The number of hydrogen-bond donors (Lipinski definition) is 1. The molecule has 0 radical (unpaired) electrons. The van der Waals surface area contributed by atoms with Crippen molar-refractivity contribution < 1.29 is 67.5 Å². The van der Waals surface area contributed by atoms with Crippen LogP contribution < -0.4 is 0 Å². The Labute approximate surface area is 323 Å². The summed E-state index contributed by atoms with van der Waals surface area (Å²) >= 11 is 0. The number of aliphatic hydroxyl groups is 1. The molecule has 4 unspecified atom stereocenters. The summed E-state index contributed by atoms with van der Waals surface area (Å²) in [6, 6.07) is 30.7. The van der Waals surface area contributed by atoms with Crippen LogP contribution in [0.15, 0.2) is 112 Å². The maximum absolute atomic E-state index is 13.0. The molecule has 2 aliphatic rings. The summed E-state index contributed by atoms with van der Waals surface area (Å²) < 4.78 is 144. The van der Waals surface area contributed by atoms with Crippen molar-refractivity contribution in [1.29, 1.82) is 0 Å². The summed E-state index contributed by atoms with van der Waals surface area (Å²) in [7, 11) is -6.00. The van der Waals surface area contributed by atoms with Gasteiger partial charge in [-0.25, -0.2) is 13.2 Å². The zero-order valence-electron chi connectivity index (χ0n) is 30.5. The molecule has 0 amide bonds. The molecule has 4 atom stereocenters. The second kappa shape index (κ2) is 17.5. The molecule has 0 heterocycles. The molecule has 2 aliphatic carbocycles. The first-order chi connectivity index (χ1) is 25.8. The van der Waals surface area contributed by atoms with E-state index in [2.05, 4.69) is 110 Å². The number of esters is 1. The number of rotatable bonds is 12. The quantitative estimate of drug-likeness (QED) is 0.0484. The third kappa shape index (κ3) is 11.1. The summed E-state index contributed by atoms with van der Waals surface area (Å²) in [5.41, 5.74) is -3.33. The van der Waals surface area contributed by atoms with Gasteiger partial charge in [-0.2, -0.15) is 35.1 Å². The van der Waals surface area contributed by atoms with E-state index in [9.17, 15) is 58.0 Å². The first-order valence-electron chi connectivity index (χ1n) is 17.4. The van der Waals surface area contributed by atoms with E-state index >= 15 is 0 Å². The van der Waals surface area contributed by atoms with Crippen molar-refractivity contribution in [3.63, 3.8) is 0 Å². The van der Waals surface area contributed by atoms with Gasteiger partial charge in [-0.3, -0.25) is 0 Å². The Hall–Kier alpha value is -3.51. The van der Waals surface area contributed by atoms with Crippen molar-refractivity contribution in [3.8, 4) is 0 Å². The molecule has 0 saturated heterocycles. The van der Waals surface area contributed by atoms with Gasteiger partial charge in [0.15, 0.2) is 24.8 Å². The lowest BCUT2D eigenvalue weighted by atomic mass is 9.78. The van der Waals surface area contributed by atoms with E-state index in [-0.39, 0.29) is 41.5 Å². The van der Waals surface area contributed by atoms with Crippen LogP contribution in [0.3, 0.4) is 0 Å². The zero-order valence-corrected chi connectivity index (χ0v) is 32.2. The highest BCUT2D eigenvalue weighted by molar-refractivity contribution is 7.97. The van der Waals surface area contributed by atoms with E-state index in [1.165, 1.54) is 20.2 Å². The molecule has 1 N–H and O–H groups in total. The molecule has 2 bridgehead atoms. The van der Waals surface area contributed by atoms with E-state index in [1.54, 1.807) is 0 Å². The molecule has 0 aliphatic heterocycles. The first-order valence-corrected chi connectivity index (χ1v) is 20.1. The number of carbonyl (C=O) groups is 1. The highest BCUT2D eigenvalue weighted by atomic mass is 32.2. The van der Waals surface area contributed by atoms with Gasteiger partial charge in [0, 0.05) is 6.08 Å². The molecule has 0 spiro atoms. The Morgan fingerprint density at radius 3 is 1.75 bits per heavy atom. The van der Waals surface area contributed by atoms with Gasteiger partial charge in [0.05, 0.1) is 17.5 Å². The van der Waals surface area contributed by atoms with Gasteiger partial charge >= 0.3 is 23.6 Å². The minimum absolute atomic E-state index is 0.00625. The summed E-state index contributed by atoms with van der Waals surface area (Å²) in [4.78, 5) is 15.9. The van der Waals surface area contributed by atoms with Crippen LogP contribution in [0, 0.1) is 17.8 Å². The predicted molar refractivity (Wildman–Crippen MR) is 191 cm³/mol. The van der Waals surface area contributed by atoms with Crippen LogP contribution in [0.25, 0.3) is 0 Å². The lowest BCUT2D eigenvalue weighted by Gasteiger charge is -2.37. The number of alkyl halides is 8. The summed E-state index contributed by atoms with van der Waals surface area (Å²) in [6.07, 6.45) is -12.6. The average Bonchev–Trinajstić information content (AvgIpc) is 3.68. The minimum Gasteiger partial charge on any atom is -0.743 e. The van der Waals surface area contributed by atoms with E-state index in [0.29, 0.717) is 6.08 Å². The van der Waals surface area contributed by atoms with Gasteiger partial charge < -0.3 is 19.1 Å². The molecule has 2 fully saturated rings. The van der Waals surface area contributed by atoms with Gasteiger partial charge in [-0.15, -0.1) is 0 Å². The summed E-state index contributed by atoms with van der Waals surface area (Å²) in [5, 5.41) is 4.74. The lowest BCUT2D eigenvalue weighted by Crippen LogP contribution is -2.58. The van der Waals surface area contributed by atoms with Crippen LogP contribution in [0.1, 0.15) is 52.0 Å². The predicted octanol–water partition coefficient (Wildman–Crippen LogP) is 8.98. The first kappa shape index (κ1) is 45.2. The van der Waals surface area contributed by atoms with Gasteiger partial charge in [0.1, 0.15) is 12.7 Å². The lowest BCUT2D eigenvalue weighted by molar-refractivity contribution is -0.373. The molecular formula is C39H42F8O7S2. The Morgan fingerprint density at radius 2 is 1.30 bits per heavy atom. The third-order valence-electron chi connectivity index (χ3n) is 9.67. The molecule has 3 aromatic carbocycles. The van der Waals surface area contributed by atoms with Crippen molar-refractivity contribution in [2.75, 3.05) is 13.2 Å². The van der Waals surface area contributed by atoms with Crippen molar-refractivity contribution in [1.82, 2.24) is 0 Å². The van der Waals surface area contributed by atoms with Crippen LogP contribution in [0.5, 0.6) is 0 Å². The fourth-order valence-corrected chi connectivity index (χ4v) is 9.14. The summed E-state index contributed by atoms with van der Waals surface area (Å²) in [5.74, 6) is -3.44. The van der Waals surface area contributed by atoms with Gasteiger partial charge in [-0.1, -0.05) is 75.4 Å². The second-order valence-electron chi connectivity index (χ2n) is 14.7. The molecule has 7 nitrogen and oxygen atoms in total. The molecule has 17 heteroatoms. The number of carbonyl (C=O) groups excluding carboxylic acids is 1. The van der Waals surface area contributed by atoms with Crippen LogP contribution in [0.2, 0.25) is 0 Å². The molecule has 2 saturated carbocycles. The van der Waals surface area contributed by atoms with E-state index < -0.39 is 76.9 Å². The zero-order chi connectivity index (χ0) is 41.7. The minimum atomic E-state index is -5.95. The molecule has 308 valence electrons. The SMILES string of the molecule is CC(C)(C)c1ccc([S+](c2ccccc2)c2ccccc2)cc1.O=C(C=CCOCC(F)(F)S(=O)(=O)[O-])OC1CC2CC(CC(O)(C(F)(F)F)C(F)(F)F)C1C2. The van der Waals surface area contributed by atoms with Crippen LogP contribution in [0.4, 0.5) is 35.1 Å². The van der Waals surface area contributed by atoms with E-state index in [0.717, 1.165) is 6.08 Å². The third-order valence-corrected chi connectivity index (χ3v) is 12.8. The second-order valence-corrected chi connectivity index (χ2v) is 18.3. The molecular weight excluding hydrogens is 797 g/mol. The van der Waals surface area contributed by atoms with Crippen molar-refractivity contribution in [3.05, 3.63) is 103 Å². The number of halogens is 8. The van der Waals surface area contributed by atoms with Crippen LogP contribution in [-0.4, -0.2) is 66.6 Å². The van der Waals surface area contributed by atoms with Gasteiger partial charge in [-0.05, 0) is 90.8 Å². The Bertz CT molecular complexity index is 1830. The number of benzene rings is 3. The smallest absolute Gasteiger partial charge is 0.426 e.